The van der Waals surface area contributed by atoms with Gasteiger partial charge in [0.15, 0.2) is 0 Å². The third-order valence-electron chi connectivity index (χ3n) is 4.55. The third kappa shape index (κ3) is 4.91. The Morgan fingerprint density at radius 2 is 1.73 bits per heavy atom. The highest BCUT2D eigenvalue weighted by atomic mass is 35.5. The maximum absolute atomic E-state index is 5.96. The van der Waals surface area contributed by atoms with E-state index in [4.69, 9.17) is 16.6 Å². The van der Waals surface area contributed by atoms with Gasteiger partial charge in [-0.15, -0.1) is 12.4 Å². The van der Waals surface area contributed by atoms with Gasteiger partial charge in [0.25, 0.3) is 0 Å². The summed E-state index contributed by atoms with van der Waals surface area (Å²) in [6.45, 7) is 9.21. The molecule has 26 heavy (non-hydrogen) atoms. The second kappa shape index (κ2) is 9.81. The van der Waals surface area contributed by atoms with Crippen molar-refractivity contribution in [1.82, 2.24) is 14.5 Å². The minimum absolute atomic E-state index is 0. The number of hydrogen-bond acceptors (Lipinski definition) is 3. The highest BCUT2D eigenvalue weighted by Gasteiger charge is 2.11. The first-order valence-electron chi connectivity index (χ1n) is 8.87. The number of para-hydroxylation sites is 2. The number of aromatic nitrogens is 2. The molecule has 140 valence electrons. The number of fused-ring (bicyclic) bond motifs is 1. The molecule has 4 nitrogen and oxygen atoms in total. The summed E-state index contributed by atoms with van der Waals surface area (Å²) in [6, 6.07) is 16.2. The van der Waals surface area contributed by atoms with Gasteiger partial charge in [-0.3, -0.25) is 0 Å². The highest BCUT2D eigenvalue weighted by Crippen LogP contribution is 2.20. The molecule has 0 saturated heterocycles. The number of imidazole rings is 1. The van der Waals surface area contributed by atoms with Crippen LogP contribution in [0.2, 0.25) is 5.02 Å². The Morgan fingerprint density at radius 3 is 2.42 bits per heavy atom. The smallest absolute Gasteiger partial charge is 0.204 e. The molecule has 2 aromatic carbocycles. The zero-order valence-electron chi connectivity index (χ0n) is 15.3. The van der Waals surface area contributed by atoms with Crippen LogP contribution in [0.1, 0.15) is 19.4 Å². The predicted molar refractivity (Wildman–Crippen MR) is 114 cm³/mol. The van der Waals surface area contributed by atoms with Crippen molar-refractivity contribution in [3.05, 3.63) is 59.1 Å². The lowest BCUT2D eigenvalue weighted by Gasteiger charge is -2.19. The standard InChI is InChI=1S/C20H25ClN4.ClH/c1-3-24(4-2)13-14-25-19-8-6-5-7-18(19)23-20(25)22-15-16-9-11-17(21)12-10-16;/h5-12H,3-4,13-15H2,1-2H3,(H,22,23);1H. The first kappa shape index (κ1) is 20.6. The lowest BCUT2D eigenvalue weighted by Crippen LogP contribution is -2.27. The Morgan fingerprint density at radius 1 is 1.04 bits per heavy atom. The van der Waals surface area contributed by atoms with Gasteiger partial charge in [-0.2, -0.15) is 0 Å². The molecule has 0 aliphatic rings. The molecule has 0 radical (unpaired) electrons. The lowest BCUT2D eigenvalue weighted by molar-refractivity contribution is 0.292. The van der Waals surface area contributed by atoms with E-state index < -0.39 is 0 Å². The van der Waals surface area contributed by atoms with E-state index in [1.54, 1.807) is 0 Å². The van der Waals surface area contributed by atoms with Crippen molar-refractivity contribution in [3.8, 4) is 0 Å². The number of nitrogens with one attached hydrogen (secondary N) is 1. The van der Waals surface area contributed by atoms with Crippen molar-refractivity contribution in [2.45, 2.75) is 26.9 Å². The maximum Gasteiger partial charge on any atom is 0.204 e. The van der Waals surface area contributed by atoms with Gasteiger partial charge in [0.05, 0.1) is 11.0 Å². The Hall–Kier alpha value is -1.75. The molecular formula is C20H26Cl2N4. The van der Waals surface area contributed by atoms with Gasteiger partial charge in [0.1, 0.15) is 0 Å². The summed E-state index contributed by atoms with van der Waals surface area (Å²) < 4.78 is 2.28. The van der Waals surface area contributed by atoms with Gasteiger partial charge in [-0.25, -0.2) is 4.98 Å². The van der Waals surface area contributed by atoms with Gasteiger partial charge in [-0.05, 0) is 42.9 Å². The van der Waals surface area contributed by atoms with Crippen LogP contribution in [-0.4, -0.2) is 34.1 Å². The number of rotatable bonds is 8. The van der Waals surface area contributed by atoms with Crippen LogP contribution in [0, 0.1) is 0 Å². The molecule has 1 N–H and O–H groups in total. The van der Waals surface area contributed by atoms with Crippen molar-refractivity contribution >= 4 is 41.0 Å². The van der Waals surface area contributed by atoms with Gasteiger partial charge in [0, 0.05) is 24.7 Å². The van der Waals surface area contributed by atoms with E-state index in [9.17, 15) is 0 Å². The monoisotopic (exact) mass is 392 g/mol. The van der Waals surface area contributed by atoms with Crippen LogP contribution >= 0.6 is 24.0 Å². The molecule has 0 spiro atoms. The first-order chi connectivity index (χ1) is 12.2. The quantitative estimate of drug-likeness (QED) is 0.580. The second-order valence-electron chi connectivity index (χ2n) is 6.08. The van der Waals surface area contributed by atoms with Crippen molar-refractivity contribution in [2.75, 3.05) is 25.0 Å². The van der Waals surface area contributed by atoms with Crippen LogP contribution in [0.15, 0.2) is 48.5 Å². The van der Waals surface area contributed by atoms with Crippen LogP contribution in [-0.2, 0) is 13.1 Å². The molecule has 1 aromatic heterocycles. The van der Waals surface area contributed by atoms with E-state index >= 15 is 0 Å². The summed E-state index contributed by atoms with van der Waals surface area (Å²) in [4.78, 5) is 7.21. The highest BCUT2D eigenvalue weighted by molar-refractivity contribution is 6.30. The Balaban J connectivity index is 0.00000243. The van der Waals surface area contributed by atoms with E-state index in [0.29, 0.717) is 0 Å². The van der Waals surface area contributed by atoms with Crippen LogP contribution in [0.4, 0.5) is 5.95 Å². The van der Waals surface area contributed by atoms with Gasteiger partial charge >= 0.3 is 0 Å². The minimum atomic E-state index is 0. The fourth-order valence-corrected chi connectivity index (χ4v) is 3.13. The Labute approximate surface area is 166 Å². The summed E-state index contributed by atoms with van der Waals surface area (Å²) in [5.41, 5.74) is 3.39. The van der Waals surface area contributed by atoms with E-state index in [1.807, 2.05) is 30.3 Å². The molecule has 0 fully saturated rings. The SMILES string of the molecule is CCN(CC)CCn1c(NCc2ccc(Cl)cc2)nc2ccccc21.Cl. The summed E-state index contributed by atoms with van der Waals surface area (Å²) in [6.07, 6.45) is 0. The number of hydrogen-bond donors (Lipinski definition) is 1. The predicted octanol–water partition coefficient (Wildman–Crippen LogP) is 5.07. The molecule has 0 bridgehead atoms. The molecule has 6 heteroatoms. The zero-order valence-corrected chi connectivity index (χ0v) is 16.9. The van der Waals surface area contributed by atoms with E-state index in [-0.39, 0.29) is 12.4 Å². The number of halogens is 2. The van der Waals surface area contributed by atoms with E-state index in [1.165, 1.54) is 11.1 Å². The second-order valence-corrected chi connectivity index (χ2v) is 6.52. The van der Waals surface area contributed by atoms with Crippen LogP contribution in [0.3, 0.4) is 0 Å². The van der Waals surface area contributed by atoms with Crippen molar-refractivity contribution in [2.24, 2.45) is 0 Å². The fraction of sp³-hybridized carbons (Fsp3) is 0.350. The molecule has 0 atom stereocenters. The van der Waals surface area contributed by atoms with Crippen LogP contribution < -0.4 is 5.32 Å². The first-order valence-corrected chi connectivity index (χ1v) is 9.25. The minimum Gasteiger partial charge on any atom is -0.352 e. The molecule has 0 amide bonds. The third-order valence-corrected chi connectivity index (χ3v) is 4.80. The average Bonchev–Trinajstić information content (AvgIpc) is 3.00. The summed E-state index contributed by atoms with van der Waals surface area (Å²) in [5, 5.41) is 4.25. The molecule has 0 aliphatic carbocycles. The summed E-state index contributed by atoms with van der Waals surface area (Å²) >= 11 is 5.96. The normalized spacial score (nSPS) is 10.9. The van der Waals surface area contributed by atoms with Crippen molar-refractivity contribution < 1.29 is 0 Å². The van der Waals surface area contributed by atoms with Crippen LogP contribution in [0.25, 0.3) is 11.0 Å². The molecule has 1 heterocycles. The van der Waals surface area contributed by atoms with Gasteiger partial charge in [-0.1, -0.05) is 49.7 Å². The lowest BCUT2D eigenvalue weighted by atomic mass is 10.2. The number of likely N-dealkylation sites (N-methyl/N-ethyl adjacent to an activating group) is 1. The van der Waals surface area contributed by atoms with E-state index in [0.717, 1.165) is 49.2 Å². The molecule has 0 unspecified atom stereocenters. The van der Waals surface area contributed by atoms with Crippen LogP contribution in [0.5, 0.6) is 0 Å². The largest absolute Gasteiger partial charge is 0.352 e. The fourth-order valence-electron chi connectivity index (χ4n) is 3.00. The molecular weight excluding hydrogens is 367 g/mol. The molecule has 0 aliphatic heterocycles. The van der Waals surface area contributed by atoms with Gasteiger partial charge < -0.3 is 14.8 Å². The molecule has 3 aromatic rings. The van der Waals surface area contributed by atoms with Crippen molar-refractivity contribution in [1.29, 1.82) is 0 Å². The number of anilines is 1. The molecule has 0 saturated carbocycles. The number of nitrogens with zero attached hydrogens (tertiary/aromatic N) is 3. The maximum atomic E-state index is 5.96. The van der Waals surface area contributed by atoms with Crippen molar-refractivity contribution in [3.63, 3.8) is 0 Å². The van der Waals surface area contributed by atoms with Gasteiger partial charge in [0.2, 0.25) is 5.95 Å². The number of benzene rings is 2. The summed E-state index contributed by atoms with van der Waals surface area (Å²) in [7, 11) is 0. The Bertz CT molecular complexity index is 810. The van der Waals surface area contributed by atoms with E-state index in [2.05, 4.69) is 46.8 Å². The zero-order chi connectivity index (χ0) is 17.6. The average molecular weight is 393 g/mol. The Kier molecular flexibility index (Phi) is 7.76. The topological polar surface area (TPSA) is 33.1 Å². The summed E-state index contributed by atoms with van der Waals surface area (Å²) in [5.74, 6) is 0.920. The molecule has 3 rings (SSSR count).